The van der Waals surface area contributed by atoms with Gasteiger partial charge in [-0.25, -0.2) is 4.57 Å². The van der Waals surface area contributed by atoms with Crippen molar-refractivity contribution in [3.63, 3.8) is 0 Å². The van der Waals surface area contributed by atoms with Crippen LogP contribution in [0.4, 0.5) is 0 Å². The van der Waals surface area contributed by atoms with E-state index in [0.717, 1.165) is 89.9 Å². The summed E-state index contributed by atoms with van der Waals surface area (Å²) in [5, 5.41) is 0. The molecule has 0 aromatic rings. The van der Waals surface area contributed by atoms with E-state index in [1.165, 1.54) is 0 Å². The average molecular weight is 721 g/mol. The van der Waals surface area contributed by atoms with Crippen LogP contribution in [0, 0.1) is 0 Å². The van der Waals surface area contributed by atoms with Crippen molar-refractivity contribution in [3.05, 3.63) is 85.1 Å². The maximum Gasteiger partial charge on any atom is 0.472 e. The lowest BCUT2D eigenvalue weighted by atomic mass is 10.1. The third kappa shape index (κ3) is 36.9. The lowest BCUT2D eigenvalue weighted by molar-refractivity contribution is -0.870. The number of esters is 1. The molecular weight excluding hydrogens is 649 g/mol. The van der Waals surface area contributed by atoms with Gasteiger partial charge >= 0.3 is 13.8 Å². The minimum Gasteiger partial charge on any atom is -0.457 e. The summed E-state index contributed by atoms with van der Waals surface area (Å²) in [6.45, 7) is 5.15. The summed E-state index contributed by atoms with van der Waals surface area (Å²) in [6.07, 6.45) is 44.5. The minimum absolute atomic E-state index is 0.0774. The molecule has 286 valence electrons. The van der Waals surface area contributed by atoms with E-state index < -0.39 is 13.9 Å². The fourth-order valence-electron chi connectivity index (χ4n) is 4.27. The van der Waals surface area contributed by atoms with Crippen LogP contribution in [0.25, 0.3) is 0 Å². The molecule has 0 heterocycles. The second kappa shape index (κ2) is 33.8. The van der Waals surface area contributed by atoms with E-state index in [1.54, 1.807) is 0 Å². The first-order chi connectivity index (χ1) is 24.1. The van der Waals surface area contributed by atoms with Crippen molar-refractivity contribution in [3.8, 4) is 0 Å². The zero-order valence-corrected chi connectivity index (χ0v) is 33.0. The Labute approximate surface area is 305 Å². The summed E-state index contributed by atoms with van der Waals surface area (Å²) < 4.78 is 34.3. The van der Waals surface area contributed by atoms with E-state index in [1.807, 2.05) is 28.1 Å². The molecule has 0 spiro atoms. The number of carbonyl (C=O) groups is 1. The maximum absolute atomic E-state index is 12.3. The SMILES string of the molecule is CC/C=C\C/C=C\C/C=C\C/C=C\C/C=C\C/C=C\C/C=C\CCCCCCOCC(COP(=O)(O)OCC[N+](C)(C)C)OC(=O)CCCC. The van der Waals surface area contributed by atoms with Gasteiger partial charge in [0, 0.05) is 13.0 Å². The first kappa shape index (κ1) is 47.7. The highest BCUT2D eigenvalue weighted by atomic mass is 31.2. The molecule has 9 heteroatoms. The van der Waals surface area contributed by atoms with E-state index in [9.17, 15) is 14.3 Å². The van der Waals surface area contributed by atoms with Crippen molar-refractivity contribution in [2.24, 2.45) is 0 Å². The summed E-state index contributed by atoms with van der Waals surface area (Å²) in [5.74, 6) is -0.364. The number of hydrogen-bond acceptors (Lipinski definition) is 6. The Morgan fingerprint density at radius 1 is 0.640 bits per heavy atom. The van der Waals surface area contributed by atoms with Crippen LogP contribution in [0.5, 0.6) is 0 Å². The molecule has 0 bridgehead atoms. The second-order valence-corrected chi connectivity index (χ2v) is 14.7. The average Bonchev–Trinajstić information content (AvgIpc) is 3.06. The van der Waals surface area contributed by atoms with Gasteiger partial charge in [0.05, 0.1) is 34.4 Å². The third-order valence-electron chi connectivity index (χ3n) is 7.22. The lowest BCUT2D eigenvalue weighted by Gasteiger charge is -2.24. The van der Waals surface area contributed by atoms with Crippen molar-refractivity contribution >= 4 is 13.8 Å². The molecule has 2 atom stereocenters. The number of phosphoric acid groups is 1. The monoisotopic (exact) mass is 720 g/mol. The maximum atomic E-state index is 12.3. The number of nitrogens with zero attached hydrogens (tertiary/aromatic N) is 1. The van der Waals surface area contributed by atoms with Crippen molar-refractivity contribution in [2.75, 3.05) is 54.1 Å². The molecule has 0 amide bonds. The van der Waals surface area contributed by atoms with Crippen LogP contribution >= 0.6 is 7.82 Å². The number of hydrogen-bond donors (Lipinski definition) is 1. The molecular formula is C41H71NO7P+. The first-order valence-electron chi connectivity index (χ1n) is 18.8. The summed E-state index contributed by atoms with van der Waals surface area (Å²) in [4.78, 5) is 22.2. The Kier molecular flexibility index (Phi) is 32.2. The molecule has 0 radical (unpaired) electrons. The third-order valence-corrected chi connectivity index (χ3v) is 8.21. The molecule has 0 saturated heterocycles. The van der Waals surface area contributed by atoms with Crippen molar-refractivity contribution in [1.82, 2.24) is 0 Å². The van der Waals surface area contributed by atoms with E-state index in [2.05, 4.69) is 92.0 Å². The lowest BCUT2D eigenvalue weighted by Crippen LogP contribution is -2.37. The Bertz CT molecular complexity index is 1070. The van der Waals surface area contributed by atoms with E-state index in [-0.39, 0.29) is 25.8 Å². The van der Waals surface area contributed by atoms with Gasteiger partial charge in [-0.15, -0.1) is 0 Å². The number of unbranched alkanes of at least 4 members (excludes halogenated alkanes) is 5. The highest BCUT2D eigenvalue weighted by molar-refractivity contribution is 7.47. The van der Waals surface area contributed by atoms with Crippen LogP contribution in [0.1, 0.15) is 110 Å². The van der Waals surface area contributed by atoms with Crippen molar-refractivity contribution in [2.45, 2.75) is 116 Å². The topological polar surface area (TPSA) is 91.3 Å². The van der Waals surface area contributed by atoms with Gasteiger partial charge in [-0.05, 0) is 70.6 Å². The molecule has 0 aromatic heterocycles. The standard InChI is InChI=1S/C41H70NO7P/c1-6-8-10-11-12-13-14-15-16-17-18-19-20-21-22-23-24-25-26-27-28-29-30-31-32-33-36-46-38-40(49-41(43)34-9-7-2)39-48-50(44,45)47-37-35-42(3,4)5/h8,10,12-13,15-16,18-19,21-22,24-25,27-28,40H,6-7,9,11,14,17,20,23,26,29-39H2,1-5H3/p+1/b10-8-,13-12-,16-15-,19-18-,22-21-,25-24-,28-27-. The molecule has 2 unspecified atom stereocenters. The van der Waals surface area contributed by atoms with Crippen LogP contribution < -0.4 is 0 Å². The number of likely N-dealkylation sites (N-methyl/N-ethyl adjacent to an activating group) is 1. The largest absolute Gasteiger partial charge is 0.472 e. The molecule has 0 fully saturated rings. The van der Waals surface area contributed by atoms with E-state index in [0.29, 0.717) is 24.1 Å². The van der Waals surface area contributed by atoms with Crippen LogP contribution in [0.3, 0.4) is 0 Å². The van der Waals surface area contributed by atoms with Gasteiger partial charge in [-0.2, -0.15) is 0 Å². The number of rotatable bonds is 33. The number of allylic oxidation sites excluding steroid dienone is 14. The van der Waals surface area contributed by atoms with Gasteiger partial charge < -0.3 is 18.9 Å². The highest BCUT2D eigenvalue weighted by Gasteiger charge is 2.26. The predicted octanol–water partition coefficient (Wildman–Crippen LogP) is 10.5. The molecule has 0 saturated carbocycles. The summed E-state index contributed by atoms with van der Waals surface area (Å²) in [7, 11) is 1.63. The van der Waals surface area contributed by atoms with E-state index >= 15 is 0 Å². The normalized spacial score (nSPS) is 14.9. The minimum atomic E-state index is -4.26. The first-order valence-corrected chi connectivity index (χ1v) is 20.3. The summed E-state index contributed by atoms with van der Waals surface area (Å²) in [5.41, 5.74) is 0. The zero-order chi connectivity index (χ0) is 37.0. The Balaban J connectivity index is 3.99. The Morgan fingerprint density at radius 2 is 1.14 bits per heavy atom. The fraction of sp³-hybridized carbons (Fsp3) is 0.634. The van der Waals surface area contributed by atoms with Crippen molar-refractivity contribution < 1.29 is 37.3 Å². The Hall–Kier alpha value is -2.32. The molecule has 1 N–H and O–H groups in total. The van der Waals surface area contributed by atoms with Gasteiger partial charge in [0.1, 0.15) is 19.3 Å². The van der Waals surface area contributed by atoms with Gasteiger partial charge in [-0.3, -0.25) is 13.8 Å². The summed E-state index contributed by atoms with van der Waals surface area (Å²) in [6, 6.07) is 0. The zero-order valence-electron chi connectivity index (χ0n) is 32.1. The number of quaternary nitrogens is 1. The van der Waals surface area contributed by atoms with Crippen molar-refractivity contribution in [1.29, 1.82) is 0 Å². The smallest absolute Gasteiger partial charge is 0.457 e. The van der Waals surface area contributed by atoms with Gasteiger partial charge in [0.15, 0.2) is 0 Å². The quantitative estimate of drug-likeness (QED) is 0.0237. The molecule has 0 aliphatic rings. The Morgan fingerprint density at radius 3 is 1.64 bits per heavy atom. The fourth-order valence-corrected chi connectivity index (χ4v) is 5.01. The number of ether oxygens (including phenoxy) is 2. The van der Waals surface area contributed by atoms with Crippen LogP contribution in [0.15, 0.2) is 85.1 Å². The van der Waals surface area contributed by atoms with Crippen LogP contribution in [-0.2, 0) is 27.9 Å². The van der Waals surface area contributed by atoms with Gasteiger partial charge in [0.2, 0.25) is 0 Å². The van der Waals surface area contributed by atoms with Gasteiger partial charge in [0.25, 0.3) is 0 Å². The van der Waals surface area contributed by atoms with Crippen LogP contribution in [0.2, 0.25) is 0 Å². The molecule has 0 aromatic carbocycles. The van der Waals surface area contributed by atoms with Gasteiger partial charge in [-0.1, -0.05) is 118 Å². The number of phosphoric ester groups is 1. The predicted molar refractivity (Wildman–Crippen MR) is 210 cm³/mol. The molecule has 8 nitrogen and oxygen atoms in total. The molecule has 0 aliphatic heterocycles. The number of carbonyl (C=O) groups excluding carboxylic acids is 1. The van der Waals surface area contributed by atoms with Crippen LogP contribution in [-0.4, -0.2) is 75.6 Å². The molecule has 0 aliphatic carbocycles. The summed E-state index contributed by atoms with van der Waals surface area (Å²) >= 11 is 0. The highest BCUT2D eigenvalue weighted by Crippen LogP contribution is 2.43. The molecule has 50 heavy (non-hydrogen) atoms. The van der Waals surface area contributed by atoms with E-state index in [4.69, 9.17) is 18.5 Å². The second-order valence-electron chi connectivity index (χ2n) is 13.2. The molecule has 0 rings (SSSR count).